The van der Waals surface area contributed by atoms with Crippen molar-refractivity contribution in [1.82, 2.24) is 9.97 Å². The first-order valence-electron chi connectivity index (χ1n) is 7.51. The normalized spacial score (nSPS) is 17.9. The number of anilines is 1. The van der Waals surface area contributed by atoms with E-state index in [1.807, 2.05) is 32.0 Å². The third-order valence-corrected chi connectivity index (χ3v) is 3.95. The SMILES string of the molecule is CCOc1ccc2nc(N3CCCC3C(=O)O)nc(C)c2c1. The molecule has 1 unspecified atom stereocenters. The topological polar surface area (TPSA) is 75.5 Å². The van der Waals surface area contributed by atoms with E-state index in [4.69, 9.17) is 4.74 Å². The van der Waals surface area contributed by atoms with Gasteiger partial charge in [-0.1, -0.05) is 0 Å². The maximum absolute atomic E-state index is 11.3. The Bertz CT molecular complexity index is 717. The van der Waals surface area contributed by atoms with Crippen molar-refractivity contribution in [2.24, 2.45) is 0 Å². The van der Waals surface area contributed by atoms with Gasteiger partial charge < -0.3 is 14.7 Å². The van der Waals surface area contributed by atoms with E-state index in [-0.39, 0.29) is 0 Å². The third-order valence-electron chi connectivity index (χ3n) is 3.95. The van der Waals surface area contributed by atoms with Gasteiger partial charge in [0.05, 0.1) is 17.8 Å². The fourth-order valence-electron chi connectivity index (χ4n) is 2.89. The number of hydrogen-bond acceptors (Lipinski definition) is 5. The van der Waals surface area contributed by atoms with Crippen LogP contribution in [0.15, 0.2) is 18.2 Å². The van der Waals surface area contributed by atoms with Crippen LogP contribution in [0, 0.1) is 6.92 Å². The molecule has 1 saturated heterocycles. The molecule has 6 nitrogen and oxygen atoms in total. The molecule has 0 bridgehead atoms. The van der Waals surface area contributed by atoms with Crippen LogP contribution in [0.25, 0.3) is 10.9 Å². The quantitative estimate of drug-likeness (QED) is 0.934. The molecule has 3 rings (SSSR count). The Morgan fingerprint density at radius 1 is 1.45 bits per heavy atom. The maximum Gasteiger partial charge on any atom is 0.326 e. The summed E-state index contributed by atoms with van der Waals surface area (Å²) >= 11 is 0. The largest absolute Gasteiger partial charge is 0.494 e. The summed E-state index contributed by atoms with van der Waals surface area (Å²) in [6, 6.07) is 5.17. The highest BCUT2D eigenvalue weighted by Crippen LogP contribution is 2.27. The minimum Gasteiger partial charge on any atom is -0.494 e. The van der Waals surface area contributed by atoms with Crippen molar-refractivity contribution in [3.05, 3.63) is 23.9 Å². The first-order chi connectivity index (χ1) is 10.6. The Labute approximate surface area is 128 Å². The molecule has 1 aromatic heterocycles. The molecule has 6 heteroatoms. The van der Waals surface area contributed by atoms with Gasteiger partial charge in [0.2, 0.25) is 5.95 Å². The summed E-state index contributed by atoms with van der Waals surface area (Å²) in [5.74, 6) is 0.476. The lowest BCUT2D eigenvalue weighted by Gasteiger charge is -2.22. The highest BCUT2D eigenvalue weighted by atomic mass is 16.5. The molecule has 1 aliphatic heterocycles. The molecule has 2 heterocycles. The maximum atomic E-state index is 11.3. The minimum absolute atomic E-state index is 0.499. The van der Waals surface area contributed by atoms with Gasteiger partial charge in [-0.25, -0.2) is 14.8 Å². The van der Waals surface area contributed by atoms with E-state index in [1.54, 1.807) is 4.90 Å². The number of carboxylic acids is 1. The Kier molecular flexibility index (Phi) is 3.83. The molecular formula is C16H19N3O3. The zero-order valence-electron chi connectivity index (χ0n) is 12.7. The standard InChI is InChI=1S/C16H19N3O3/c1-3-22-11-6-7-13-12(9-11)10(2)17-16(18-13)19-8-4-5-14(19)15(20)21/h6-7,9,14H,3-5,8H2,1-2H3,(H,20,21). The zero-order valence-corrected chi connectivity index (χ0v) is 12.7. The molecule has 0 aliphatic carbocycles. The fraction of sp³-hybridized carbons (Fsp3) is 0.438. The number of carbonyl (C=O) groups is 1. The average Bonchev–Trinajstić information content (AvgIpc) is 2.98. The molecule has 22 heavy (non-hydrogen) atoms. The molecule has 116 valence electrons. The second-order valence-electron chi connectivity index (χ2n) is 5.41. The number of nitrogens with zero attached hydrogens (tertiary/aromatic N) is 3. The van der Waals surface area contributed by atoms with E-state index in [0.29, 0.717) is 25.5 Å². The van der Waals surface area contributed by atoms with Gasteiger partial charge in [-0.2, -0.15) is 0 Å². The number of rotatable bonds is 4. The smallest absolute Gasteiger partial charge is 0.326 e. The van der Waals surface area contributed by atoms with Gasteiger partial charge in [0.1, 0.15) is 11.8 Å². The van der Waals surface area contributed by atoms with Gasteiger partial charge in [-0.3, -0.25) is 0 Å². The van der Waals surface area contributed by atoms with Crippen molar-refractivity contribution < 1.29 is 14.6 Å². The number of aryl methyl sites for hydroxylation is 1. The number of benzene rings is 1. The number of carboxylic acid groups (broad SMARTS) is 1. The third kappa shape index (κ3) is 2.56. The Balaban J connectivity index is 2.02. The molecular weight excluding hydrogens is 282 g/mol. The van der Waals surface area contributed by atoms with Crippen LogP contribution in [0.5, 0.6) is 5.75 Å². The van der Waals surface area contributed by atoms with E-state index in [0.717, 1.165) is 28.8 Å². The Morgan fingerprint density at radius 3 is 3.00 bits per heavy atom. The zero-order chi connectivity index (χ0) is 15.7. The second-order valence-corrected chi connectivity index (χ2v) is 5.41. The lowest BCUT2D eigenvalue weighted by atomic mass is 10.2. The number of hydrogen-bond donors (Lipinski definition) is 1. The molecule has 1 aromatic carbocycles. The van der Waals surface area contributed by atoms with E-state index in [9.17, 15) is 9.90 Å². The Hall–Kier alpha value is -2.37. The molecule has 0 saturated carbocycles. The number of fused-ring (bicyclic) bond motifs is 1. The highest BCUT2D eigenvalue weighted by molar-refractivity contribution is 5.84. The summed E-state index contributed by atoms with van der Waals surface area (Å²) in [7, 11) is 0. The van der Waals surface area contributed by atoms with Crippen LogP contribution in [-0.4, -0.2) is 40.2 Å². The van der Waals surface area contributed by atoms with Gasteiger partial charge in [-0.05, 0) is 44.9 Å². The summed E-state index contributed by atoms with van der Waals surface area (Å²) in [6.07, 6.45) is 1.49. The predicted molar refractivity (Wildman–Crippen MR) is 83.4 cm³/mol. The molecule has 0 amide bonds. The summed E-state index contributed by atoms with van der Waals surface area (Å²) in [6.45, 7) is 5.14. The van der Waals surface area contributed by atoms with Crippen molar-refractivity contribution in [2.45, 2.75) is 32.7 Å². The average molecular weight is 301 g/mol. The number of aromatic nitrogens is 2. The monoisotopic (exact) mass is 301 g/mol. The second kappa shape index (κ2) is 5.79. The first-order valence-corrected chi connectivity index (χ1v) is 7.51. The van der Waals surface area contributed by atoms with Crippen molar-refractivity contribution in [3.8, 4) is 5.75 Å². The van der Waals surface area contributed by atoms with Gasteiger partial charge in [-0.15, -0.1) is 0 Å². The van der Waals surface area contributed by atoms with Crippen molar-refractivity contribution in [1.29, 1.82) is 0 Å². The van der Waals surface area contributed by atoms with Crippen LogP contribution in [0.4, 0.5) is 5.95 Å². The van der Waals surface area contributed by atoms with Crippen LogP contribution >= 0.6 is 0 Å². The lowest BCUT2D eigenvalue weighted by molar-refractivity contribution is -0.138. The van der Waals surface area contributed by atoms with E-state index < -0.39 is 12.0 Å². The van der Waals surface area contributed by atoms with E-state index >= 15 is 0 Å². The molecule has 2 aromatic rings. The van der Waals surface area contributed by atoms with Gasteiger partial charge >= 0.3 is 5.97 Å². The van der Waals surface area contributed by atoms with Gasteiger partial charge in [0.25, 0.3) is 0 Å². The molecule has 1 fully saturated rings. The van der Waals surface area contributed by atoms with Gasteiger partial charge in [0.15, 0.2) is 0 Å². The van der Waals surface area contributed by atoms with Crippen molar-refractivity contribution >= 4 is 22.8 Å². The van der Waals surface area contributed by atoms with E-state index in [1.165, 1.54) is 0 Å². The van der Waals surface area contributed by atoms with Crippen LogP contribution < -0.4 is 9.64 Å². The molecule has 1 aliphatic rings. The minimum atomic E-state index is -0.814. The van der Waals surface area contributed by atoms with E-state index in [2.05, 4.69) is 9.97 Å². The lowest BCUT2D eigenvalue weighted by Crippen LogP contribution is -2.37. The van der Waals surface area contributed by atoms with Crippen LogP contribution in [-0.2, 0) is 4.79 Å². The molecule has 1 N–H and O–H groups in total. The van der Waals surface area contributed by atoms with Crippen molar-refractivity contribution in [3.63, 3.8) is 0 Å². The van der Waals surface area contributed by atoms with Crippen LogP contribution in [0.1, 0.15) is 25.5 Å². The molecule has 0 radical (unpaired) electrons. The van der Waals surface area contributed by atoms with Crippen molar-refractivity contribution in [2.75, 3.05) is 18.1 Å². The summed E-state index contributed by atoms with van der Waals surface area (Å²) in [5, 5.41) is 10.2. The highest BCUT2D eigenvalue weighted by Gasteiger charge is 2.32. The number of ether oxygens (including phenoxy) is 1. The molecule has 0 spiro atoms. The van der Waals surface area contributed by atoms with Crippen LogP contribution in [0.2, 0.25) is 0 Å². The fourth-order valence-corrected chi connectivity index (χ4v) is 2.89. The summed E-state index contributed by atoms with van der Waals surface area (Å²) in [5.41, 5.74) is 1.64. The van der Waals surface area contributed by atoms with Gasteiger partial charge in [0, 0.05) is 11.9 Å². The number of aliphatic carboxylic acids is 1. The predicted octanol–water partition coefficient (Wildman–Crippen LogP) is 2.39. The summed E-state index contributed by atoms with van der Waals surface area (Å²) < 4.78 is 5.50. The van der Waals surface area contributed by atoms with Crippen LogP contribution in [0.3, 0.4) is 0 Å². The molecule has 1 atom stereocenters. The first kappa shape index (κ1) is 14.6. The summed E-state index contributed by atoms with van der Waals surface area (Å²) in [4.78, 5) is 22.2. The Morgan fingerprint density at radius 2 is 2.27 bits per heavy atom.